The van der Waals surface area contributed by atoms with E-state index in [0.717, 1.165) is 21.6 Å². The van der Waals surface area contributed by atoms with Gasteiger partial charge < -0.3 is 5.32 Å². The first kappa shape index (κ1) is 18.6. The molecule has 0 unspecified atom stereocenters. The highest BCUT2D eigenvalue weighted by Crippen LogP contribution is 2.27. The van der Waals surface area contributed by atoms with Gasteiger partial charge in [-0.1, -0.05) is 24.3 Å². The van der Waals surface area contributed by atoms with Crippen LogP contribution in [-0.2, 0) is 11.2 Å². The molecular formula is C23H19N3O3. The predicted molar refractivity (Wildman–Crippen MR) is 110 cm³/mol. The van der Waals surface area contributed by atoms with Gasteiger partial charge in [0.15, 0.2) is 0 Å². The molecule has 0 saturated carbocycles. The van der Waals surface area contributed by atoms with Crippen molar-refractivity contribution in [2.45, 2.75) is 13.3 Å². The molecule has 0 radical (unpaired) electrons. The van der Waals surface area contributed by atoms with Gasteiger partial charge in [-0.15, -0.1) is 0 Å². The molecule has 0 spiro atoms. The molecule has 3 aromatic rings. The quantitative estimate of drug-likeness (QED) is 0.698. The molecule has 2 aromatic carbocycles. The number of nitrogens with one attached hydrogen (secondary N) is 1. The Morgan fingerprint density at radius 2 is 1.79 bits per heavy atom. The largest absolute Gasteiger partial charge is 0.326 e. The Hall–Kier alpha value is -3.80. The number of carbonyl (C=O) groups is 3. The summed E-state index contributed by atoms with van der Waals surface area (Å²) in [4.78, 5) is 42.4. The van der Waals surface area contributed by atoms with Crippen LogP contribution < -0.4 is 5.32 Å². The molecular weight excluding hydrogens is 366 g/mol. The number of imide groups is 1. The van der Waals surface area contributed by atoms with Crippen molar-refractivity contribution < 1.29 is 14.4 Å². The molecule has 6 heteroatoms. The van der Waals surface area contributed by atoms with Gasteiger partial charge in [0.05, 0.1) is 17.5 Å². The minimum atomic E-state index is -0.367. The number of nitrogens with zero attached hydrogens (tertiary/aromatic N) is 2. The number of aromatic nitrogens is 1. The Morgan fingerprint density at radius 3 is 2.48 bits per heavy atom. The number of rotatable bonds is 4. The Kier molecular flexibility index (Phi) is 4.68. The lowest BCUT2D eigenvalue weighted by molar-refractivity contribution is -0.115. The fourth-order valence-corrected chi connectivity index (χ4v) is 3.52. The summed E-state index contributed by atoms with van der Waals surface area (Å²) in [5.74, 6) is -0.947. The Labute approximate surface area is 168 Å². The number of hydrogen-bond donors (Lipinski definition) is 1. The molecule has 1 N–H and O–H groups in total. The highest BCUT2D eigenvalue weighted by atomic mass is 16.2. The molecule has 1 aliphatic heterocycles. The van der Waals surface area contributed by atoms with Crippen LogP contribution >= 0.6 is 0 Å². The van der Waals surface area contributed by atoms with Crippen LogP contribution in [0.4, 0.5) is 5.69 Å². The normalized spacial score (nSPS) is 12.8. The van der Waals surface area contributed by atoms with E-state index in [-0.39, 0.29) is 24.1 Å². The first-order valence-electron chi connectivity index (χ1n) is 9.20. The van der Waals surface area contributed by atoms with Gasteiger partial charge in [0.1, 0.15) is 0 Å². The van der Waals surface area contributed by atoms with E-state index in [1.807, 2.05) is 43.3 Å². The van der Waals surface area contributed by atoms with E-state index < -0.39 is 0 Å². The van der Waals surface area contributed by atoms with Crippen molar-refractivity contribution >= 4 is 23.4 Å². The fourth-order valence-electron chi connectivity index (χ4n) is 3.52. The molecule has 6 nitrogen and oxygen atoms in total. The first-order chi connectivity index (χ1) is 13.9. The van der Waals surface area contributed by atoms with E-state index in [1.165, 1.54) is 7.05 Å². The number of amides is 3. The SMILES string of the molecule is Cc1cc(CC(=O)Nc2ccc(-c3cccnc3)cc2)c2c(c1)C(=O)N(C)C2=O. The van der Waals surface area contributed by atoms with E-state index in [1.54, 1.807) is 24.5 Å². The molecule has 0 bridgehead atoms. The van der Waals surface area contributed by atoms with Crippen LogP contribution in [0.1, 0.15) is 31.8 Å². The molecule has 3 amide bonds. The Bertz CT molecular complexity index is 1120. The summed E-state index contributed by atoms with van der Waals surface area (Å²) >= 11 is 0. The average molecular weight is 385 g/mol. The molecule has 1 aliphatic rings. The van der Waals surface area contributed by atoms with Gasteiger partial charge >= 0.3 is 0 Å². The first-order valence-corrected chi connectivity index (χ1v) is 9.20. The van der Waals surface area contributed by atoms with E-state index in [9.17, 15) is 14.4 Å². The second-order valence-corrected chi connectivity index (χ2v) is 7.06. The average Bonchev–Trinajstić information content (AvgIpc) is 2.93. The Morgan fingerprint density at radius 1 is 1.03 bits per heavy atom. The van der Waals surface area contributed by atoms with E-state index in [2.05, 4.69) is 10.3 Å². The zero-order valence-corrected chi connectivity index (χ0v) is 16.1. The summed E-state index contributed by atoms with van der Waals surface area (Å²) < 4.78 is 0. The third-order valence-electron chi connectivity index (χ3n) is 4.93. The number of anilines is 1. The Balaban J connectivity index is 1.52. The fraction of sp³-hybridized carbons (Fsp3) is 0.130. The lowest BCUT2D eigenvalue weighted by Crippen LogP contribution is -2.24. The lowest BCUT2D eigenvalue weighted by Gasteiger charge is -2.10. The molecule has 144 valence electrons. The predicted octanol–water partition coefficient (Wildman–Crippen LogP) is 3.46. The zero-order valence-electron chi connectivity index (χ0n) is 16.1. The van der Waals surface area contributed by atoms with Crippen LogP contribution in [0.15, 0.2) is 60.9 Å². The van der Waals surface area contributed by atoms with Crippen LogP contribution in [-0.4, -0.2) is 34.7 Å². The molecule has 0 fully saturated rings. The van der Waals surface area contributed by atoms with Gasteiger partial charge in [0.2, 0.25) is 5.91 Å². The zero-order chi connectivity index (χ0) is 20.5. The summed E-state index contributed by atoms with van der Waals surface area (Å²) in [6, 6.07) is 14.8. The van der Waals surface area contributed by atoms with Crippen LogP contribution in [0.5, 0.6) is 0 Å². The van der Waals surface area contributed by atoms with Gasteiger partial charge in [-0.3, -0.25) is 24.3 Å². The van der Waals surface area contributed by atoms with Gasteiger partial charge in [0.25, 0.3) is 11.8 Å². The summed E-state index contributed by atoms with van der Waals surface area (Å²) in [7, 11) is 1.45. The number of benzene rings is 2. The standard InChI is InChI=1S/C23H19N3O3/c1-14-10-17(21-19(11-14)22(28)26(2)23(21)29)12-20(27)25-18-7-5-15(6-8-18)16-4-3-9-24-13-16/h3-11,13H,12H2,1-2H3,(H,25,27). The van der Waals surface area contributed by atoms with Crippen molar-refractivity contribution in [1.82, 2.24) is 9.88 Å². The van der Waals surface area contributed by atoms with Crippen LogP contribution in [0.2, 0.25) is 0 Å². The second kappa shape index (κ2) is 7.31. The maximum atomic E-state index is 12.6. The third-order valence-corrected chi connectivity index (χ3v) is 4.93. The van der Waals surface area contributed by atoms with Gasteiger partial charge in [-0.2, -0.15) is 0 Å². The van der Waals surface area contributed by atoms with Crippen LogP contribution in [0.25, 0.3) is 11.1 Å². The van der Waals surface area contributed by atoms with Crippen molar-refractivity contribution in [3.63, 3.8) is 0 Å². The second-order valence-electron chi connectivity index (χ2n) is 7.06. The maximum absolute atomic E-state index is 12.6. The molecule has 1 aromatic heterocycles. The maximum Gasteiger partial charge on any atom is 0.261 e. The topological polar surface area (TPSA) is 79.4 Å². The van der Waals surface area contributed by atoms with Crippen molar-refractivity contribution in [3.05, 3.63) is 83.2 Å². The number of fused-ring (bicyclic) bond motifs is 1. The van der Waals surface area contributed by atoms with Crippen molar-refractivity contribution in [2.24, 2.45) is 0 Å². The van der Waals surface area contributed by atoms with Crippen molar-refractivity contribution in [2.75, 3.05) is 12.4 Å². The van der Waals surface area contributed by atoms with Crippen LogP contribution in [0.3, 0.4) is 0 Å². The smallest absolute Gasteiger partial charge is 0.261 e. The number of carbonyl (C=O) groups excluding carboxylic acids is 3. The van der Waals surface area contributed by atoms with Crippen molar-refractivity contribution in [1.29, 1.82) is 0 Å². The van der Waals surface area contributed by atoms with E-state index in [0.29, 0.717) is 22.4 Å². The number of pyridine rings is 1. The highest BCUT2D eigenvalue weighted by molar-refractivity contribution is 6.22. The summed E-state index contributed by atoms with van der Waals surface area (Å²) in [6.45, 7) is 1.84. The van der Waals surface area contributed by atoms with Gasteiger partial charge in [-0.05, 0) is 53.4 Å². The summed E-state index contributed by atoms with van der Waals surface area (Å²) in [5.41, 5.74) is 4.74. The molecule has 29 heavy (non-hydrogen) atoms. The molecule has 2 heterocycles. The van der Waals surface area contributed by atoms with Gasteiger partial charge in [-0.25, -0.2) is 0 Å². The van der Waals surface area contributed by atoms with Gasteiger partial charge in [0, 0.05) is 25.1 Å². The van der Waals surface area contributed by atoms with E-state index in [4.69, 9.17) is 0 Å². The summed E-state index contributed by atoms with van der Waals surface area (Å²) in [5, 5.41) is 2.85. The molecule has 0 saturated heterocycles. The monoisotopic (exact) mass is 385 g/mol. The highest BCUT2D eigenvalue weighted by Gasteiger charge is 2.35. The molecule has 0 aliphatic carbocycles. The number of aryl methyl sites for hydroxylation is 1. The summed E-state index contributed by atoms with van der Waals surface area (Å²) in [6.07, 6.45) is 3.51. The number of hydrogen-bond acceptors (Lipinski definition) is 4. The minimum absolute atomic E-state index is 0.0151. The van der Waals surface area contributed by atoms with Crippen LogP contribution in [0, 0.1) is 6.92 Å². The molecule has 0 atom stereocenters. The molecule has 4 rings (SSSR count). The lowest BCUT2D eigenvalue weighted by atomic mass is 9.97. The van der Waals surface area contributed by atoms with E-state index >= 15 is 0 Å². The van der Waals surface area contributed by atoms with Crippen molar-refractivity contribution in [3.8, 4) is 11.1 Å². The minimum Gasteiger partial charge on any atom is -0.326 e. The third kappa shape index (κ3) is 3.52.